The summed E-state index contributed by atoms with van der Waals surface area (Å²) in [6, 6.07) is -15.7. The molecule has 0 saturated carbocycles. The molecule has 14 atom stereocenters. The van der Waals surface area contributed by atoms with Crippen molar-refractivity contribution in [2.45, 2.75) is 214 Å². The summed E-state index contributed by atoms with van der Waals surface area (Å²) < 4.78 is 0. The Morgan fingerprint density at radius 3 is 1.17 bits per heavy atom. The molecule has 81 heavy (non-hydrogen) atoms. The summed E-state index contributed by atoms with van der Waals surface area (Å²) in [5.74, 6) is -14.6. The molecule has 0 rings (SSSR count). The molecule has 0 aliphatic rings. The maximum atomic E-state index is 13.8. The van der Waals surface area contributed by atoms with Gasteiger partial charge in [0.25, 0.3) is 0 Å². The van der Waals surface area contributed by atoms with Crippen LogP contribution in [0.15, 0.2) is 0 Å². The van der Waals surface area contributed by atoms with Gasteiger partial charge in [-0.25, -0.2) is 4.79 Å². The zero-order valence-electron chi connectivity index (χ0n) is 48.9. The van der Waals surface area contributed by atoms with Crippen LogP contribution in [0.3, 0.4) is 0 Å². The molecule has 0 aromatic carbocycles. The van der Waals surface area contributed by atoms with Crippen molar-refractivity contribution in [2.24, 2.45) is 35.1 Å². The number of primary amides is 1. The smallest absolute Gasteiger partial charge is 0.326 e. The molecule has 0 saturated heterocycles. The number of amides is 12. The number of aliphatic hydroxyl groups excluding tert-OH is 3. The molecule has 0 unspecified atom stereocenters. The second-order valence-corrected chi connectivity index (χ2v) is 21.5. The molecule has 0 spiro atoms. The Labute approximate surface area is 472 Å². The van der Waals surface area contributed by atoms with E-state index in [9.17, 15) is 82.8 Å². The van der Waals surface area contributed by atoms with Gasteiger partial charge >= 0.3 is 5.97 Å². The average Bonchev–Trinajstić information content (AvgIpc) is 3.36. The number of nitrogens with one attached hydrogen (secondary N) is 11. The first-order chi connectivity index (χ1) is 37.4. The van der Waals surface area contributed by atoms with Gasteiger partial charge in [0, 0.05) is 6.42 Å². The van der Waals surface area contributed by atoms with Crippen molar-refractivity contribution in [1.29, 1.82) is 0 Å². The van der Waals surface area contributed by atoms with Crippen molar-refractivity contribution < 1.29 is 82.8 Å². The first-order valence-electron chi connectivity index (χ1n) is 27.0. The van der Waals surface area contributed by atoms with Crippen molar-refractivity contribution in [3.63, 3.8) is 0 Å². The van der Waals surface area contributed by atoms with E-state index in [-0.39, 0.29) is 18.8 Å². The van der Waals surface area contributed by atoms with Crippen molar-refractivity contribution in [3.05, 3.63) is 0 Å². The molecule has 19 N–H and O–H groups in total. The van der Waals surface area contributed by atoms with Crippen LogP contribution in [0.1, 0.15) is 129 Å². The van der Waals surface area contributed by atoms with Crippen molar-refractivity contribution in [1.82, 2.24) is 58.5 Å². The molecule has 462 valence electrons. The van der Waals surface area contributed by atoms with Gasteiger partial charge < -0.3 is 90.4 Å². The molecular formula is C51H91N13O17. The van der Waals surface area contributed by atoms with Crippen molar-refractivity contribution >= 4 is 76.9 Å². The molecule has 0 fully saturated rings. The third-order valence-electron chi connectivity index (χ3n) is 12.7. The Hall–Kier alpha value is -7.05. The molecule has 0 aliphatic heterocycles. The number of carboxylic acid groups (broad SMARTS) is 1. The normalized spacial score (nSPS) is 16.6. The van der Waals surface area contributed by atoms with E-state index in [2.05, 4.69) is 58.5 Å². The number of hydrogen-bond donors (Lipinski definition) is 17. The average molecular weight is 1160 g/mol. The molecule has 0 aliphatic carbocycles. The predicted octanol–water partition coefficient (Wildman–Crippen LogP) is -5.38. The third kappa shape index (κ3) is 26.0. The molecular weight excluding hydrogens is 1070 g/mol. The van der Waals surface area contributed by atoms with Crippen LogP contribution in [0.2, 0.25) is 0 Å². The zero-order chi connectivity index (χ0) is 62.9. The Bertz CT molecular complexity index is 2190. The fourth-order valence-corrected chi connectivity index (χ4v) is 7.41. The third-order valence-corrected chi connectivity index (χ3v) is 12.7. The number of carboxylic acids is 1. The summed E-state index contributed by atoms with van der Waals surface area (Å²) in [4.78, 5) is 170. The number of aliphatic carboxylic acids is 1. The van der Waals surface area contributed by atoms with Crippen LogP contribution in [-0.2, 0) is 62.3 Å². The largest absolute Gasteiger partial charge is 0.480 e. The van der Waals surface area contributed by atoms with Crippen LogP contribution in [0.5, 0.6) is 0 Å². The Morgan fingerprint density at radius 2 is 0.741 bits per heavy atom. The van der Waals surface area contributed by atoms with Gasteiger partial charge in [-0.2, -0.15) is 0 Å². The molecule has 30 nitrogen and oxygen atoms in total. The van der Waals surface area contributed by atoms with E-state index in [1.54, 1.807) is 48.5 Å². The Kier molecular flexibility index (Phi) is 32.5. The van der Waals surface area contributed by atoms with Crippen LogP contribution >= 0.6 is 0 Å². The number of nitrogens with two attached hydrogens (primary N) is 2. The molecule has 12 amide bonds. The minimum Gasteiger partial charge on any atom is -0.480 e. The first-order valence-corrected chi connectivity index (χ1v) is 27.0. The van der Waals surface area contributed by atoms with E-state index in [1.807, 2.05) is 0 Å². The van der Waals surface area contributed by atoms with E-state index in [1.165, 1.54) is 48.5 Å². The van der Waals surface area contributed by atoms with Crippen LogP contribution in [0.4, 0.5) is 0 Å². The molecule has 0 heterocycles. The molecule has 0 aromatic heterocycles. The summed E-state index contributed by atoms with van der Waals surface area (Å²) >= 11 is 0. The fraction of sp³-hybridized carbons (Fsp3) is 0.745. The monoisotopic (exact) mass is 1160 g/mol. The lowest BCUT2D eigenvalue weighted by Gasteiger charge is -2.29. The first kappa shape index (κ1) is 74.0. The van der Waals surface area contributed by atoms with Crippen molar-refractivity contribution in [2.75, 3.05) is 6.54 Å². The summed E-state index contributed by atoms with van der Waals surface area (Å²) in [6.07, 6.45) is -4.40. The second-order valence-electron chi connectivity index (χ2n) is 21.5. The minimum absolute atomic E-state index is 0.00297. The highest BCUT2D eigenvalue weighted by molar-refractivity contribution is 5.99. The number of unbranched alkanes of at least 4 members (excludes halogenated alkanes) is 1. The fourth-order valence-electron chi connectivity index (χ4n) is 7.41. The van der Waals surface area contributed by atoms with Crippen LogP contribution < -0.4 is 70.0 Å². The Morgan fingerprint density at radius 1 is 0.395 bits per heavy atom. The second kappa shape index (κ2) is 35.6. The highest BCUT2D eigenvalue weighted by atomic mass is 16.4. The van der Waals surface area contributed by atoms with Gasteiger partial charge in [-0.15, -0.1) is 0 Å². The highest BCUT2D eigenvalue weighted by Gasteiger charge is 2.37. The summed E-state index contributed by atoms with van der Waals surface area (Å²) in [5, 5.41) is 66.9. The van der Waals surface area contributed by atoms with Gasteiger partial charge in [0.05, 0.1) is 30.9 Å². The van der Waals surface area contributed by atoms with E-state index in [0.717, 1.165) is 0 Å². The van der Waals surface area contributed by atoms with Crippen LogP contribution in [0.25, 0.3) is 0 Å². The van der Waals surface area contributed by atoms with E-state index in [4.69, 9.17) is 11.5 Å². The van der Waals surface area contributed by atoms with Crippen LogP contribution in [-0.4, -0.2) is 189 Å². The summed E-state index contributed by atoms with van der Waals surface area (Å²) in [5.41, 5.74) is 11.2. The van der Waals surface area contributed by atoms with Gasteiger partial charge in [0.2, 0.25) is 70.9 Å². The standard InChI is InChI=1S/C51H91N13O17/c1-15-16-17-30(44(73)62-40(29(14)67)50(79)61-37(24(8)9)51(80)81)58-43(72)31(18-19-32(52)68)57-41(70)25(10)55-47(76)36(23(6)7)60-42(71)26(11)56-49(78)39(28(13)66)64-48(77)35(22(4)5)59-33(69)20-54-46(75)38(27(12)65)63-45(74)34(53)21(2)3/h21-31,34-40,65-67H,15-20,53H2,1-14H3,(H2,52,68)(H,54,75)(H,55,76)(H,56,78)(H,57,70)(H,58,72)(H,59,69)(H,60,71)(H,61,79)(H,62,73)(H,63,74)(H,64,77)(H,80,81)/t25-,26-,27+,28+,29+,30-,31-,34-,35-,36-,37-,38-,39-,40-/m0/s1. The summed E-state index contributed by atoms with van der Waals surface area (Å²) in [6.45, 7) is 19.8. The molecule has 0 radical (unpaired) electrons. The van der Waals surface area contributed by atoms with Gasteiger partial charge in [-0.05, 0) is 71.1 Å². The highest BCUT2D eigenvalue weighted by Crippen LogP contribution is 2.11. The van der Waals surface area contributed by atoms with E-state index in [0.29, 0.717) is 12.8 Å². The minimum atomic E-state index is -1.71. The quantitative estimate of drug-likeness (QED) is 0.0278. The predicted molar refractivity (Wildman–Crippen MR) is 292 cm³/mol. The van der Waals surface area contributed by atoms with Gasteiger partial charge in [-0.1, -0.05) is 75.2 Å². The lowest BCUT2D eigenvalue weighted by Crippen LogP contribution is -2.62. The summed E-state index contributed by atoms with van der Waals surface area (Å²) in [7, 11) is 0. The van der Waals surface area contributed by atoms with Gasteiger partial charge in [-0.3, -0.25) is 57.5 Å². The maximum Gasteiger partial charge on any atom is 0.326 e. The van der Waals surface area contributed by atoms with E-state index < -0.39 is 192 Å². The number of aliphatic hydroxyl groups is 3. The van der Waals surface area contributed by atoms with Crippen LogP contribution in [0, 0.1) is 23.7 Å². The lowest BCUT2D eigenvalue weighted by atomic mass is 10.0. The number of carbonyl (C=O) groups is 13. The topological polar surface area (TPSA) is 487 Å². The number of rotatable bonds is 36. The van der Waals surface area contributed by atoms with Crippen molar-refractivity contribution in [3.8, 4) is 0 Å². The zero-order valence-corrected chi connectivity index (χ0v) is 48.9. The van der Waals surface area contributed by atoms with Gasteiger partial charge in [0.1, 0.15) is 60.4 Å². The molecule has 0 bridgehead atoms. The Balaban J connectivity index is 6.06. The number of carbonyl (C=O) groups excluding carboxylic acids is 12. The van der Waals surface area contributed by atoms with E-state index >= 15 is 0 Å². The lowest BCUT2D eigenvalue weighted by molar-refractivity contribution is -0.144. The molecule has 30 heteroatoms. The van der Waals surface area contributed by atoms with Gasteiger partial charge in [0.15, 0.2) is 0 Å². The number of hydrogen-bond acceptors (Lipinski definition) is 17. The SMILES string of the molecule is CCCC[C@H](NC(=O)[C@H](CCC(N)=O)NC(=O)[C@H](C)NC(=O)[C@@H](NC(=O)[C@H](C)NC(=O)[C@@H](NC(=O)[C@@H](NC(=O)CNC(=O)[C@@H](NC(=O)[C@@H](N)C(C)C)[C@@H](C)O)C(C)C)[C@@H](C)O)C(C)C)C(=O)N[C@H](C(=O)N[C@H](C(=O)O)C(C)C)[C@@H](C)O. The maximum absolute atomic E-state index is 13.8. The molecule has 0 aromatic rings.